The fraction of sp³-hybridized carbons (Fsp3) is 1.00. The SMILES string of the molecule is CC1NC(C)C(C)C1C.II. The highest BCUT2D eigenvalue weighted by Gasteiger charge is 2.31. The lowest BCUT2D eigenvalue weighted by molar-refractivity contribution is 0.413. The topological polar surface area (TPSA) is 12.0 Å². The van der Waals surface area contributed by atoms with Crippen LogP contribution in [0.5, 0.6) is 0 Å². The van der Waals surface area contributed by atoms with E-state index in [1.807, 2.05) is 0 Å². The van der Waals surface area contributed by atoms with E-state index in [0.717, 1.165) is 23.9 Å². The van der Waals surface area contributed by atoms with E-state index in [4.69, 9.17) is 0 Å². The molecule has 1 saturated heterocycles. The summed E-state index contributed by atoms with van der Waals surface area (Å²) in [5.41, 5.74) is 0. The molecule has 0 aliphatic carbocycles. The van der Waals surface area contributed by atoms with Gasteiger partial charge < -0.3 is 5.32 Å². The average molecular weight is 381 g/mol. The normalized spacial score (nSPS) is 43.1. The highest BCUT2D eigenvalue weighted by molar-refractivity contribution is 15.0. The van der Waals surface area contributed by atoms with Crippen molar-refractivity contribution in [2.75, 3.05) is 0 Å². The minimum absolute atomic E-state index is 0.718. The van der Waals surface area contributed by atoms with Gasteiger partial charge >= 0.3 is 0 Å². The van der Waals surface area contributed by atoms with E-state index in [1.54, 1.807) is 0 Å². The van der Waals surface area contributed by atoms with Crippen molar-refractivity contribution in [2.45, 2.75) is 39.8 Å². The second-order valence-electron chi connectivity index (χ2n) is 3.46. The van der Waals surface area contributed by atoms with Gasteiger partial charge in [0.15, 0.2) is 0 Å². The smallest absolute Gasteiger partial charge is 0.00700 e. The zero-order valence-electron chi connectivity index (χ0n) is 7.57. The van der Waals surface area contributed by atoms with Crippen LogP contribution in [0.3, 0.4) is 0 Å². The third-order valence-electron chi connectivity index (χ3n) is 2.93. The van der Waals surface area contributed by atoms with Gasteiger partial charge in [0, 0.05) is 49.3 Å². The summed E-state index contributed by atoms with van der Waals surface area (Å²) < 4.78 is 0. The summed E-state index contributed by atoms with van der Waals surface area (Å²) in [4.78, 5) is 0. The maximum atomic E-state index is 3.52. The molecule has 0 amide bonds. The van der Waals surface area contributed by atoms with Crippen LogP contribution < -0.4 is 5.32 Å². The zero-order chi connectivity index (χ0) is 9.02. The van der Waals surface area contributed by atoms with Crippen LogP contribution in [-0.4, -0.2) is 12.1 Å². The first-order chi connectivity index (χ1) is 5.13. The lowest BCUT2D eigenvalue weighted by Crippen LogP contribution is -2.26. The summed E-state index contributed by atoms with van der Waals surface area (Å²) in [6.45, 7) is 9.19. The van der Waals surface area contributed by atoms with E-state index < -0.39 is 0 Å². The summed E-state index contributed by atoms with van der Waals surface area (Å²) in [7, 11) is 0. The summed E-state index contributed by atoms with van der Waals surface area (Å²) in [6.07, 6.45) is 0. The number of rotatable bonds is 0. The fourth-order valence-corrected chi connectivity index (χ4v) is 1.63. The second kappa shape index (κ2) is 5.96. The zero-order valence-corrected chi connectivity index (χ0v) is 11.9. The van der Waals surface area contributed by atoms with Crippen molar-refractivity contribution in [3.8, 4) is 0 Å². The molecular formula is C8H17I2N. The highest BCUT2D eigenvalue weighted by atomic mass is 128. The molecule has 1 nitrogen and oxygen atoms in total. The van der Waals surface area contributed by atoms with Crippen molar-refractivity contribution < 1.29 is 0 Å². The van der Waals surface area contributed by atoms with Crippen molar-refractivity contribution >= 4 is 37.2 Å². The molecule has 3 heteroatoms. The summed E-state index contributed by atoms with van der Waals surface area (Å²) in [5, 5.41) is 3.52. The molecule has 0 bridgehead atoms. The summed E-state index contributed by atoms with van der Waals surface area (Å²) in [5.74, 6) is 1.69. The molecule has 0 spiro atoms. The van der Waals surface area contributed by atoms with Gasteiger partial charge in [0.05, 0.1) is 0 Å². The van der Waals surface area contributed by atoms with Crippen molar-refractivity contribution in [1.82, 2.24) is 5.32 Å². The van der Waals surface area contributed by atoms with E-state index in [2.05, 4.69) is 70.2 Å². The van der Waals surface area contributed by atoms with Crippen molar-refractivity contribution in [3.05, 3.63) is 0 Å². The minimum atomic E-state index is 0.718. The number of nitrogens with one attached hydrogen (secondary N) is 1. The largest absolute Gasteiger partial charge is 0.311 e. The van der Waals surface area contributed by atoms with Gasteiger partial charge in [-0.3, -0.25) is 0 Å². The van der Waals surface area contributed by atoms with E-state index in [9.17, 15) is 0 Å². The second-order valence-corrected chi connectivity index (χ2v) is 3.46. The van der Waals surface area contributed by atoms with Crippen LogP contribution in [0.1, 0.15) is 27.7 Å². The maximum Gasteiger partial charge on any atom is 0.00700 e. The molecular weight excluding hydrogens is 364 g/mol. The summed E-state index contributed by atoms with van der Waals surface area (Å²) in [6, 6.07) is 1.44. The number of hydrogen-bond acceptors (Lipinski definition) is 1. The Morgan fingerprint density at radius 2 is 1.09 bits per heavy atom. The van der Waals surface area contributed by atoms with Crippen LogP contribution in [0.2, 0.25) is 0 Å². The molecule has 0 radical (unpaired) electrons. The van der Waals surface area contributed by atoms with Crippen LogP contribution in [0, 0.1) is 11.8 Å². The molecule has 4 atom stereocenters. The Morgan fingerprint density at radius 1 is 0.818 bits per heavy atom. The maximum absolute atomic E-state index is 3.52. The lowest BCUT2D eigenvalue weighted by Gasteiger charge is -2.12. The first kappa shape index (κ1) is 12.4. The molecule has 1 aliphatic rings. The lowest BCUT2D eigenvalue weighted by atomic mass is 9.92. The van der Waals surface area contributed by atoms with Gasteiger partial charge in [-0.25, -0.2) is 0 Å². The van der Waals surface area contributed by atoms with E-state index in [1.165, 1.54) is 0 Å². The van der Waals surface area contributed by atoms with Crippen LogP contribution in [0.15, 0.2) is 0 Å². The minimum Gasteiger partial charge on any atom is -0.311 e. The molecule has 11 heavy (non-hydrogen) atoms. The molecule has 1 fully saturated rings. The van der Waals surface area contributed by atoms with Gasteiger partial charge in [0.25, 0.3) is 0 Å². The van der Waals surface area contributed by atoms with E-state index >= 15 is 0 Å². The average Bonchev–Trinajstić information content (AvgIpc) is 2.22. The molecule has 1 N–H and O–H groups in total. The van der Waals surface area contributed by atoms with Crippen molar-refractivity contribution in [1.29, 1.82) is 0 Å². The van der Waals surface area contributed by atoms with Crippen LogP contribution in [-0.2, 0) is 0 Å². The Morgan fingerprint density at radius 3 is 1.18 bits per heavy atom. The van der Waals surface area contributed by atoms with Crippen molar-refractivity contribution in [2.24, 2.45) is 11.8 Å². The van der Waals surface area contributed by atoms with Gasteiger partial charge in [0.1, 0.15) is 0 Å². The molecule has 1 rings (SSSR count). The molecule has 0 aromatic carbocycles. The van der Waals surface area contributed by atoms with E-state index in [0.29, 0.717) is 0 Å². The van der Waals surface area contributed by atoms with Crippen LogP contribution >= 0.6 is 37.2 Å². The van der Waals surface area contributed by atoms with Crippen LogP contribution in [0.4, 0.5) is 0 Å². The Bertz CT molecular complexity index is 96.3. The molecule has 0 saturated carbocycles. The van der Waals surface area contributed by atoms with Gasteiger partial charge in [-0.2, -0.15) is 0 Å². The molecule has 4 unspecified atom stereocenters. The third kappa shape index (κ3) is 3.34. The molecule has 1 heterocycles. The third-order valence-corrected chi connectivity index (χ3v) is 2.93. The predicted octanol–water partition coefficient (Wildman–Crippen LogP) is 3.41. The number of hydrogen-bond donors (Lipinski definition) is 1. The quantitative estimate of drug-likeness (QED) is 0.635. The van der Waals surface area contributed by atoms with Gasteiger partial charge in [-0.15, -0.1) is 0 Å². The Kier molecular flexibility index (Phi) is 6.73. The predicted molar refractivity (Wildman–Crippen MR) is 68.4 cm³/mol. The Balaban J connectivity index is 0.000000461. The first-order valence-electron chi connectivity index (χ1n) is 4.03. The van der Waals surface area contributed by atoms with E-state index in [-0.39, 0.29) is 0 Å². The Labute approximate surface area is 93.4 Å². The molecule has 68 valence electrons. The van der Waals surface area contributed by atoms with Gasteiger partial charge in [-0.1, -0.05) is 13.8 Å². The van der Waals surface area contributed by atoms with Crippen LogP contribution in [0.25, 0.3) is 0 Å². The standard InChI is InChI=1S/C8H17N.I2/c1-5-6(2)8(4)9-7(5)3;1-2/h5-9H,1-4H3;. The fourth-order valence-electron chi connectivity index (χ4n) is 1.63. The Hall–Kier alpha value is 1.42. The monoisotopic (exact) mass is 381 g/mol. The molecule has 1 aliphatic heterocycles. The first-order valence-corrected chi connectivity index (χ1v) is 10.3. The van der Waals surface area contributed by atoms with Gasteiger partial charge in [0.2, 0.25) is 0 Å². The molecule has 0 aromatic rings. The van der Waals surface area contributed by atoms with Gasteiger partial charge in [-0.05, 0) is 25.7 Å². The van der Waals surface area contributed by atoms with Crippen molar-refractivity contribution in [3.63, 3.8) is 0 Å². The summed E-state index contributed by atoms with van der Waals surface area (Å²) >= 11 is 4.24. The molecule has 0 aromatic heterocycles. The number of halogens is 2. The highest BCUT2D eigenvalue weighted by Crippen LogP contribution is 2.25.